The highest BCUT2D eigenvalue weighted by atomic mass is 79.9. The Labute approximate surface area is 109 Å². The minimum absolute atomic E-state index is 0.574. The fraction of sp³-hybridized carbons (Fsp3) is 0.500. The Hall–Kier alpha value is -0.0900. The zero-order chi connectivity index (χ0) is 11.4. The lowest BCUT2D eigenvalue weighted by Crippen LogP contribution is -2.27. The first-order valence-electron chi connectivity index (χ1n) is 5.37. The summed E-state index contributed by atoms with van der Waals surface area (Å²) in [7, 11) is 0. The maximum absolute atomic E-state index is 5.77. The molecule has 1 aliphatic rings. The van der Waals surface area contributed by atoms with Crippen molar-refractivity contribution in [2.45, 2.75) is 18.6 Å². The van der Waals surface area contributed by atoms with Crippen LogP contribution in [0.2, 0.25) is 0 Å². The Balaban J connectivity index is 2.21. The molecule has 0 bridgehead atoms. The van der Waals surface area contributed by atoms with Gasteiger partial charge in [0.05, 0.1) is 13.2 Å². The number of hydrogen-bond donors (Lipinski definition) is 0. The van der Waals surface area contributed by atoms with E-state index in [9.17, 15) is 0 Å². The van der Waals surface area contributed by atoms with E-state index >= 15 is 0 Å². The molecule has 0 aliphatic carbocycles. The van der Waals surface area contributed by atoms with Crippen molar-refractivity contribution in [3.63, 3.8) is 0 Å². The quantitative estimate of drug-likeness (QED) is 0.790. The molecule has 1 aromatic carbocycles. The summed E-state index contributed by atoms with van der Waals surface area (Å²) in [5.74, 6) is 0.0561. The topological polar surface area (TPSA) is 18.5 Å². The molecule has 0 spiro atoms. The molecule has 2 nitrogen and oxygen atoms in total. The number of rotatable bonds is 4. The van der Waals surface area contributed by atoms with Crippen LogP contribution in [0.3, 0.4) is 0 Å². The number of alkyl halides is 1. The number of benzene rings is 1. The molecule has 0 unspecified atom stereocenters. The first kappa shape index (κ1) is 12.4. The van der Waals surface area contributed by atoms with E-state index in [4.69, 9.17) is 21.1 Å². The van der Waals surface area contributed by atoms with Gasteiger partial charge >= 0.3 is 0 Å². The van der Waals surface area contributed by atoms with Crippen LogP contribution in [0.4, 0.5) is 0 Å². The number of halogens is 2. The smallest absolute Gasteiger partial charge is 0.195 e. The zero-order valence-corrected chi connectivity index (χ0v) is 11.3. The van der Waals surface area contributed by atoms with Crippen LogP contribution in [-0.2, 0) is 15.3 Å². The summed E-state index contributed by atoms with van der Waals surface area (Å²) in [4.78, 5) is 0. The molecule has 0 amide bonds. The average Bonchev–Trinajstić information content (AvgIpc) is 2.77. The molecule has 0 saturated carbocycles. The van der Waals surface area contributed by atoms with Gasteiger partial charge in [-0.2, -0.15) is 0 Å². The van der Waals surface area contributed by atoms with Crippen LogP contribution in [0.1, 0.15) is 18.4 Å². The van der Waals surface area contributed by atoms with Gasteiger partial charge in [0.15, 0.2) is 5.79 Å². The molecule has 1 saturated heterocycles. The van der Waals surface area contributed by atoms with Crippen LogP contribution in [0.15, 0.2) is 28.7 Å². The Kier molecular flexibility index (Phi) is 4.25. The van der Waals surface area contributed by atoms with E-state index in [2.05, 4.69) is 15.9 Å². The van der Waals surface area contributed by atoms with Crippen molar-refractivity contribution >= 4 is 27.5 Å². The molecule has 1 aliphatic heterocycles. The highest BCUT2D eigenvalue weighted by molar-refractivity contribution is 9.10. The zero-order valence-electron chi connectivity index (χ0n) is 8.92. The van der Waals surface area contributed by atoms with Crippen LogP contribution in [0, 0.1) is 0 Å². The van der Waals surface area contributed by atoms with E-state index in [1.165, 1.54) is 0 Å². The van der Waals surface area contributed by atoms with E-state index in [0.717, 1.165) is 22.9 Å². The minimum atomic E-state index is -0.574. The maximum atomic E-state index is 5.77. The molecule has 0 aromatic heterocycles. The fourth-order valence-electron chi connectivity index (χ4n) is 1.91. The molecule has 1 aromatic rings. The lowest BCUT2D eigenvalue weighted by Gasteiger charge is -2.27. The van der Waals surface area contributed by atoms with Crippen molar-refractivity contribution in [3.8, 4) is 0 Å². The van der Waals surface area contributed by atoms with Crippen LogP contribution >= 0.6 is 27.5 Å². The first-order valence-corrected chi connectivity index (χ1v) is 6.69. The van der Waals surface area contributed by atoms with E-state index < -0.39 is 5.79 Å². The highest BCUT2D eigenvalue weighted by Gasteiger charge is 2.37. The molecular weight excluding hydrogens is 291 g/mol. The van der Waals surface area contributed by atoms with Crippen LogP contribution in [0.5, 0.6) is 0 Å². The van der Waals surface area contributed by atoms with Crippen molar-refractivity contribution in [1.29, 1.82) is 0 Å². The SMILES string of the molecule is ClCCCC1(c2ccc(Br)cc2)OCCO1. The molecule has 0 radical (unpaired) electrons. The summed E-state index contributed by atoms with van der Waals surface area (Å²) in [5, 5.41) is 0. The molecule has 2 rings (SSSR count). The van der Waals surface area contributed by atoms with Gasteiger partial charge in [0.2, 0.25) is 0 Å². The average molecular weight is 306 g/mol. The van der Waals surface area contributed by atoms with Crippen molar-refractivity contribution in [1.82, 2.24) is 0 Å². The van der Waals surface area contributed by atoms with Crippen molar-refractivity contribution in [3.05, 3.63) is 34.3 Å². The Bertz CT molecular complexity index is 333. The predicted molar refractivity (Wildman–Crippen MR) is 67.7 cm³/mol. The third-order valence-corrected chi connectivity index (χ3v) is 3.47. The molecule has 4 heteroatoms. The molecule has 16 heavy (non-hydrogen) atoms. The summed E-state index contributed by atoms with van der Waals surface area (Å²) in [6.07, 6.45) is 1.69. The summed E-state index contributed by atoms with van der Waals surface area (Å²) in [6.45, 7) is 1.30. The van der Waals surface area contributed by atoms with E-state index in [-0.39, 0.29) is 0 Å². The largest absolute Gasteiger partial charge is 0.343 e. The second-order valence-electron chi connectivity index (χ2n) is 3.75. The molecule has 88 valence electrons. The lowest BCUT2D eigenvalue weighted by atomic mass is 10.0. The van der Waals surface area contributed by atoms with Gasteiger partial charge in [0.1, 0.15) is 0 Å². The van der Waals surface area contributed by atoms with E-state index in [1.54, 1.807) is 0 Å². The third kappa shape index (κ3) is 2.59. The molecule has 1 fully saturated rings. The summed E-state index contributed by atoms with van der Waals surface area (Å²) < 4.78 is 12.6. The van der Waals surface area contributed by atoms with Crippen LogP contribution in [-0.4, -0.2) is 19.1 Å². The molecular formula is C12H14BrClO2. The minimum Gasteiger partial charge on any atom is -0.343 e. The maximum Gasteiger partial charge on any atom is 0.195 e. The molecule has 1 heterocycles. The van der Waals surface area contributed by atoms with Gasteiger partial charge in [-0.3, -0.25) is 0 Å². The Morgan fingerprint density at radius 3 is 2.38 bits per heavy atom. The fourth-order valence-corrected chi connectivity index (χ4v) is 2.31. The summed E-state index contributed by atoms with van der Waals surface area (Å²) in [6, 6.07) is 8.07. The van der Waals surface area contributed by atoms with Gasteiger partial charge < -0.3 is 9.47 Å². The second-order valence-corrected chi connectivity index (χ2v) is 5.04. The number of ether oxygens (including phenoxy) is 2. The van der Waals surface area contributed by atoms with Gasteiger partial charge in [0, 0.05) is 22.3 Å². The number of hydrogen-bond acceptors (Lipinski definition) is 2. The Morgan fingerprint density at radius 1 is 1.19 bits per heavy atom. The van der Waals surface area contributed by atoms with Crippen molar-refractivity contribution in [2.24, 2.45) is 0 Å². The van der Waals surface area contributed by atoms with Crippen molar-refractivity contribution in [2.75, 3.05) is 19.1 Å². The summed E-state index contributed by atoms with van der Waals surface area (Å²) in [5.41, 5.74) is 1.07. The van der Waals surface area contributed by atoms with Gasteiger partial charge in [-0.15, -0.1) is 11.6 Å². The highest BCUT2D eigenvalue weighted by Crippen LogP contribution is 2.36. The van der Waals surface area contributed by atoms with Crippen molar-refractivity contribution < 1.29 is 9.47 Å². The van der Waals surface area contributed by atoms with E-state index in [0.29, 0.717) is 19.1 Å². The molecule has 0 N–H and O–H groups in total. The monoisotopic (exact) mass is 304 g/mol. The standard InChI is InChI=1S/C12H14BrClO2/c13-11-4-2-10(3-5-11)12(6-1-7-14)15-8-9-16-12/h2-5H,1,6-9H2. The first-order chi connectivity index (χ1) is 7.77. The summed E-state index contributed by atoms with van der Waals surface area (Å²) >= 11 is 9.16. The van der Waals surface area contributed by atoms with Crippen LogP contribution < -0.4 is 0 Å². The van der Waals surface area contributed by atoms with Gasteiger partial charge in [-0.25, -0.2) is 0 Å². The van der Waals surface area contributed by atoms with Crippen LogP contribution in [0.25, 0.3) is 0 Å². The van der Waals surface area contributed by atoms with E-state index in [1.807, 2.05) is 24.3 Å². The second kappa shape index (κ2) is 5.50. The predicted octanol–water partition coefficient (Wildman–Crippen LogP) is 3.67. The Morgan fingerprint density at radius 2 is 1.81 bits per heavy atom. The van der Waals surface area contributed by atoms with Gasteiger partial charge in [0.25, 0.3) is 0 Å². The van der Waals surface area contributed by atoms with Gasteiger partial charge in [-0.05, 0) is 18.6 Å². The van der Waals surface area contributed by atoms with Gasteiger partial charge in [-0.1, -0.05) is 28.1 Å². The normalized spacial score (nSPS) is 18.9. The lowest BCUT2D eigenvalue weighted by molar-refractivity contribution is -0.170. The molecule has 0 atom stereocenters. The third-order valence-electron chi connectivity index (χ3n) is 2.68.